The lowest BCUT2D eigenvalue weighted by Gasteiger charge is -2.11. The molecule has 0 aliphatic heterocycles. The van der Waals surface area contributed by atoms with Crippen LogP contribution in [0.1, 0.15) is 20.3 Å². The summed E-state index contributed by atoms with van der Waals surface area (Å²) in [4.78, 5) is 10.9. The average Bonchev–Trinajstić information content (AvgIpc) is 2.00. The van der Waals surface area contributed by atoms with Crippen molar-refractivity contribution >= 4 is 21.8 Å². The Bertz CT molecular complexity index is 139. The molecule has 0 rings (SSSR count). The number of aliphatic hydroxyl groups is 1. The van der Waals surface area contributed by atoms with Crippen LogP contribution >= 0.6 is 15.9 Å². The fraction of sp³-hybridized carbons (Fsp3) is 0.875. The molecule has 0 fully saturated rings. The van der Waals surface area contributed by atoms with Gasteiger partial charge in [-0.3, -0.25) is 4.79 Å². The second-order valence-electron chi connectivity index (χ2n) is 2.98. The summed E-state index contributed by atoms with van der Waals surface area (Å²) in [5.74, 6) is 0.338. The van der Waals surface area contributed by atoms with Crippen molar-refractivity contribution in [3.05, 3.63) is 0 Å². The molecule has 0 saturated carbocycles. The zero-order valence-electron chi connectivity index (χ0n) is 7.51. The molecule has 0 aliphatic carbocycles. The minimum absolute atomic E-state index is 0.000195. The van der Waals surface area contributed by atoms with Crippen LogP contribution in [-0.4, -0.2) is 29.0 Å². The second-order valence-corrected chi connectivity index (χ2v) is 4.35. The van der Waals surface area contributed by atoms with Crippen LogP contribution in [0, 0.1) is 5.92 Å². The van der Waals surface area contributed by atoms with Crippen molar-refractivity contribution in [2.24, 2.45) is 5.92 Å². The Morgan fingerprint density at radius 1 is 1.58 bits per heavy atom. The van der Waals surface area contributed by atoms with E-state index in [1.165, 1.54) is 0 Å². The molecule has 0 aliphatic rings. The Balaban J connectivity index is 3.47. The monoisotopic (exact) mass is 237 g/mol. The normalized spacial score (nSPS) is 15.3. The van der Waals surface area contributed by atoms with Gasteiger partial charge in [-0.15, -0.1) is 0 Å². The third-order valence-corrected chi connectivity index (χ3v) is 2.02. The lowest BCUT2D eigenvalue weighted by molar-refractivity contribution is -0.120. The zero-order valence-corrected chi connectivity index (χ0v) is 9.10. The summed E-state index contributed by atoms with van der Waals surface area (Å²) in [5, 5.41) is 11.4. The number of hydrogen-bond donors (Lipinski definition) is 2. The predicted molar refractivity (Wildman–Crippen MR) is 52.3 cm³/mol. The first-order valence-electron chi connectivity index (χ1n) is 4.10. The number of nitrogens with one attached hydrogen (secondary N) is 1. The molecule has 1 amide bonds. The van der Waals surface area contributed by atoms with Gasteiger partial charge >= 0.3 is 0 Å². The van der Waals surface area contributed by atoms with Gasteiger partial charge in [-0.2, -0.15) is 0 Å². The highest BCUT2D eigenvalue weighted by Gasteiger charge is 2.09. The van der Waals surface area contributed by atoms with E-state index >= 15 is 0 Å². The van der Waals surface area contributed by atoms with Crippen LogP contribution in [0.4, 0.5) is 0 Å². The molecule has 0 spiro atoms. The first-order valence-corrected chi connectivity index (χ1v) is 5.02. The van der Waals surface area contributed by atoms with Gasteiger partial charge in [0.2, 0.25) is 5.91 Å². The molecule has 4 heteroatoms. The highest BCUT2D eigenvalue weighted by Crippen LogP contribution is 2.00. The van der Waals surface area contributed by atoms with E-state index in [1.807, 2.05) is 6.92 Å². The lowest BCUT2D eigenvalue weighted by Crippen LogP contribution is -2.33. The maximum absolute atomic E-state index is 11.0. The van der Waals surface area contributed by atoms with Gasteiger partial charge in [0.15, 0.2) is 0 Å². The Hall–Kier alpha value is -0.0900. The minimum Gasteiger partial charge on any atom is -0.396 e. The van der Waals surface area contributed by atoms with Gasteiger partial charge < -0.3 is 10.4 Å². The zero-order chi connectivity index (χ0) is 9.56. The van der Waals surface area contributed by atoms with Crippen LogP contribution in [0.15, 0.2) is 0 Å². The van der Waals surface area contributed by atoms with Crippen LogP contribution in [0.25, 0.3) is 0 Å². The molecule has 0 aromatic carbocycles. The van der Waals surface area contributed by atoms with Gasteiger partial charge in [-0.05, 0) is 19.3 Å². The van der Waals surface area contributed by atoms with Crippen molar-refractivity contribution in [2.75, 3.05) is 13.2 Å². The van der Waals surface area contributed by atoms with Gasteiger partial charge in [0.25, 0.3) is 0 Å². The summed E-state index contributed by atoms with van der Waals surface area (Å²) in [6.45, 7) is 4.59. The van der Waals surface area contributed by atoms with Crippen molar-refractivity contribution < 1.29 is 9.90 Å². The summed E-state index contributed by atoms with van der Waals surface area (Å²) in [7, 11) is 0. The van der Waals surface area contributed by atoms with E-state index in [1.54, 1.807) is 6.92 Å². The minimum atomic E-state index is -0.140. The molecular weight excluding hydrogens is 222 g/mol. The van der Waals surface area contributed by atoms with Crippen molar-refractivity contribution in [3.8, 4) is 0 Å². The van der Waals surface area contributed by atoms with Gasteiger partial charge in [0, 0.05) is 13.2 Å². The topological polar surface area (TPSA) is 49.3 Å². The Kier molecular flexibility index (Phi) is 6.38. The molecule has 3 nitrogen and oxygen atoms in total. The molecule has 12 heavy (non-hydrogen) atoms. The maximum atomic E-state index is 11.0. The summed E-state index contributed by atoms with van der Waals surface area (Å²) in [5.41, 5.74) is 0. The van der Waals surface area contributed by atoms with E-state index < -0.39 is 0 Å². The summed E-state index contributed by atoms with van der Waals surface area (Å²) < 4.78 is 0. The first kappa shape index (κ1) is 11.9. The van der Waals surface area contributed by atoms with E-state index in [9.17, 15) is 4.79 Å². The fourth-order valence-electron chi connectivity index (χ4n) is 0.738. The molecular formula is C8H16BrNO2. The van der Waals surface area contributed by atoms with Crippen LogP contribution in [0.5, 0.6) is 0 Å². The van der Waals surface area contributed by atoms with Gasteiger partial charge in [0.1, 0.15) is 0 Å². The number of carbonyl (C=O) groups is 1. The average molecular weight is 238 g/mol. The van der Waals surface area contributed by atoms with Crippen LogP contribution in [0.2, 0.25) is 0 Å². The van der Waals surface area contributed by atoms with Crippen LogP contribution in [0.3, 0.4) is 0 Å². The highest BCUT2D eigenvalue weighted by atomic mass is 79.9. The second kappa shape index (κ2) is 6.43. The van der Waals surface area contributed by atoms with Gasteiger partial charge in [-0.1, -0.05) is 22.9 Å². The molecule has 2 N–H and O–H groups in total. The van der Waals surface area contributed by atoms with E-state index in [4.69, 9.17) is 5.11 Å². The first-order chi connectivity index (χ1) is 5.57. The highest BCUT2D eigenvalue weighted by molar-refractivity contribution is 9.10. The third-order valence-electron chi connectivity index (χ3n) is 1.61. The van der Waals surface area contributed by atoms with E-state index in [0.29, 0.717) is 12.5 Å². The Labute approximate surface area is 81.7 Å². The van der Waals surface area contributed by atoms with Crippen molar-refractivity contribution in [1.82, 2.24) is 5.32 Å². The number of hydrogen-bond acceptors (Lipinski definition) is 2. The summed E-state index contributed by atoms with van der Waals surface area (Å²) in [6, 6.07) is 0. The molecule has 0 aromatic heterocycles. The van der Waals surface area contributed by atoms with Gasteiger partial charge in [-0.25, -0.2) is 0 Å². The number of halogens is 1. The number of alkyl halides is 1. The van der Waals surface area contributed by atoms with Crippen molar-refractivity contribution in [2.45, 2.75) is 25.1 Å². The Morgan fingerprint density at radius 3 is 2.58 bits per heavy atom. The summed E-state index contributed by atoms with van der Waals surface area (Å²) in [6.07, 6.45) is 0.733. The molecule has 0 aromatic rings. The van der Waals surface area contributed by atoms with Crippen molar-refractivity contribution in [3.63, 3.8) is 0 Å². The van der Waals surface area contributed by atoms with E-state index in [-0.39, 0.29) is 17.3 Å². The Morgan fingerprint density at radius 2 is 2.17 bits per heavy atom. The lowest BCUT2D eigenvalue weighted by atomic mass is 10.1. The van der Waals surface area contributed by atoms with Crippen LogP contribution < -0.4 is 5.32 Å². The van der Waals surface area contributed by atoms with E-state index in [2.05, 4.69) is 21.2 Å². The number of carbonyl (C=O) groups excluding carboxylic acids is 1. The SMILES string of the molecule is CC(CCO)CNC(=O)C(C)Br. The molecule has 2 unspecified atom stereocenters. The van der Waals surface area contributed by atoms with Crippen molar-refractivity contribution in [1.29, 1.82) is 0 Å². The summed E-state index contributed by atoms with van der Waals surface area (Å²) >= 11 is 3.17. The molecule has 0 bridgehead atoms. The quantitative estimate of drug-likeness (QED) is 0.699. The molecule has 0 saturated heterocycles. The standard InChI is InChI=1S/C8H16BrNO2/c1-6(3-4-11)5-10-8(12)7(2)9/h6-7,11H,3-5H2,1-2H3,(H,10,12). The predicted octanol–water partition coefficient (Wildman–Crippen LogP) is 0.905. The number of amides is 1. The smallest absolute Gasteiger partial charge is 0.233 e. The number of rotatable bonds is 5. The number of aliphatic hydroxyl groups excluding tert-OH is 1. The third kappa shape index (κ3) is 5.55. The maximum Gasteiger partial charge on any atom is 0.233 e. The fourth-order valence-corrected chi connectivity index (χ4v) is 0.900. The van der Waals surface area contributed by atoms with E-state index in [0.717, 1.165) is 6.42 Å². The largest absolute Gasteiger partial charge is 0.396 e. The molecule has 0 heterocycles. The molecule has 72 valence electrons. The van der Waals surface area contributed by atoms with Crippen LogP contribution in [-0.2, 0) is 4.79 Å². The molecule has 2 atom stereocenters. The van der Waals surface area contributed by atoms with Gasteiger partial charge in [0.05, 0.1) is 4.83 Å². The molecule has 0 radical (unpaired) electrons.